The van der Waals surface area contributed by atoms with Gasteiger partial charge in [0.25, 0.3) is 0 Å². The molecule has 2 N–H and O–H groups in total. The SMILES string of the molecule is CC(=O)Nc1ccc(CN2C[C@H](O)C[C@H]2c2nc(Cc3ccc(F)cc3Cl)no2)cc1. The number of hydrogen-bond acceptors (Lipinski definition) is 6. The van der Waals surface area contributed by atoms with Crippen molar-refractivity contribution in [1.29, 1.82) is 0 Å². The highest BCUT2D eigenvalue weighted by atomic mass is 35.5. The van der Waals surface area contributed by atoms with Gasteiger partial charge in [0.05, 0.1) is 12.1 Å². The van der Waals surface area contributed by atoms with Gasteiger partial charge in [0.2, 0.25) is 11.8 Å². The molecule has 2 atom stereocenters. The molecule has 1 aliphatic heterocycles. The quantitative estimate of drug-likeness (QED) is 0.602. The molecule has 162 valence electrons. The Balaban J connectivity index is 1.46. The van der Waals surface area contributed by atoms with Crippen molar-refractivity contribution in [3.63, 3.8) is 0 Å². The molecule has 2 aromatic carbocycles. The second kappa shape index (κ2) is 9.13. The zero-order chi connectivity index (χ0) is 22.0. The Morgan fingerprint density at radius 2 is 2.10 bits per heavy atom. The number of benzene rings is 2. The molecule has 1 amide bonds. The van der Waals surface area contributed by atoms with Gasteiger partial charge in [0.1, 0.15) is 5.82 Å². The molecule has 0 bridgehead atoms. The molecule has 2 heterocycles. The van der Waals surface area contributed by atoms with Crippen LogP contribution in [0, 0.1) is 5.82 Å². The molecular formula is C22H22ClFN4O3. The van der Waals surface area contributed by atoms with E-state index in [4.69, 9.17) is 16.1 Å². The fourth-order valence-electron chi connectivity index (χ4n) is 3.75. The molecule has 1 fully saturated rings. The third kappa shape index (κ3) is 5.28. The topological polar surface area (TPSA) is 91.5 Å². The largest absolute Gasteiger partial charge is 0.392 e. The van der Waals surface area contributed by atoms with Crippen molar-refractivity contribution in [3.05, 3.63) is 76.1 Å². The lowest BCUT2D eigenvalue weighted by molar-refractivity contribution is -0.114. The highest BCUT2D eigenvalue weighted by Crippen LogP contribution is 2.33. The van der Waals surface area contributed by atoms with E-state index < -0.39 is 11.9 Å². The van der Waals surface area contributed by atoms with E-state index in [1.165, 1.54) is 19.1 Å². The molecule has 1 aromatic heterocycles. The molecule has 1 saturated heterocycles. The molecule has 31 heavy (non-hydrogen) atoms. The smallest absolute Gasteiger partial charge is 0.244 e. The van der Waals surface area contributed by atoms with Crippen LogP contribution in [-0.4, -0.2) is 38.7 Å². The fraction of sp³-hybridized carbons (Fsp3) is 0.318. The lowest BCUT2D eigenvalue weighted by Crippen LogP contribution is -2.24. The number of rotatable bonds is 6. The first-order valence-electron chi connectivity index (χ1n) is 9.92. The van der Waals surface area contributed by atoms with Crippen LogP contribution in [0.4, 0.5) is 10.1 Å². The number of carbonyl (C=O) groups excluding carboxylic acids is 1. The van der Waals surface area contributed by atoms with E-state index in [9.17, 15) is 14.3 Å². The van der Waals surface area contributed by atoms with Crippen LogP contribution in [0.3, 0.4) is 0 Å². The van der Waals surface area contributed by atoms with E-state index in [1.54, 1.807) is 6.07 Å². The average Bonchev–Trinajstić information content (AvgIpc) is 3.31. The monoisotopic (exact) mass is 444 g/mol. The van der Waals surface area contributed by atoms with Crippen LogP contribution >= 0.6 is 11.6 Å². The molecule has 0 unspecified atom stereocenters. The number of aliphatic hydroxyl groups excluding tert-OH is 1. The molecule has 0 aliphatic carbocycles. The van der Waals surface area contributed by atoms with Crippen molar-refractivity contribution >= 4 is 23.2 Å². The summed E-state index contributed by atoms with van der Waals surface area (Å²) in [6.07, 6.45) is 0.316. The van der Waals surface area contributed by atoms with Crippen LogP contribution in [-0.2, 0) is 17.8 Å². The molecule has 1 aliphatic rings. The van der Waals surface area contributed by atoms with E-state index >= 15 is 0 Å². The molecule has 0 radical (unpaired) electrons. The number of nitrogens with zero attached hydrogens (tertiary/aromatic N) is 3. The van der Waals surface area contributed by atoms with Crippen LogP contribution in [0.25, 0.3) is 0 Å². The van der Waals surface area contributed by atoms with Gasteiger partial charge >= 0.3 is 0 Å². The molecule has 0 spiro atoms. The highest BCUT2D eigenvalue weighted by molar-refractivity contribution is 6.31. The minimum absolute atomic E-state index is 0.121. The van der Waals surface area contributed by atoms with Gasteiger partial charge in [-0.1, -0.05) is 35.0 Å². The van der Waals surface area contributed by atoms with Gasteiger partial charge in [-0.25, -0.2) is 4.39 Å². The number of aromatic nitrogens is 2. The van der Waals surface area contributed by atoms with Crippen molar-refractivity contribution in [2.45, 2.75) is 38.5 Å². The number of amides is 1. The summed E-state index contributed by atoms with van der Waals surface area (Å²) in [6.45, 7) is 2.54. The standard InChI is InChI=1S/C22H22ClFN4O3/c1-13(29)25-17-6-2-14(3-7-17)11-28-12-18(30)10-20(28)22-26-21(27-31-22)8-15-4-5-16(24)9-19(15)23/h2-7,9,18,20,30H,8,10-12H2,1H3,(H,25,29)/t18-,20+/m1/s1. The molecule has 7 nitrogen and oxygen atoms in total. The highest BCUT2D eigenvalue weighted by Gasteiger charge is 2.35. The fourth-order valence-corrected chi connectivity index (χ4v) is 3.99. The Morgan fingerprint density at radius 1 is 1.32 bits per heavy atom. The van der Waals surface area contributed by atoms with Gasteiger partial charge in [-0.05, 0) is 41.8 Å². The Hall–Kier alpha value is -2.81. The zero-order valence-electron chi connectivity index (χ0n) is 16.9. The molecule has 9 heteroatoms. The number of likely N-dealkylation sites (tertiary alicyclic amines) is 1. The minimum Gasteiger partial charge on any atom is -0.392 e. The average molecular weight is 445 g/mol. The third-order valence-corrected chi connectivity index (χ3v) is 5.53. The second-order valence-electron chi connectivity index (χ2n) is 7.67. The summed E-state index contributed by atoms with van der Waals surface area (Å²) in [5.74, 6) is 0.358. The van der Waals surface area contributed by atoms with Crippen molar-refractivity contribution in [1.82, 2.24) is 15.0 Å². The first kappa shape index (κ1) is 21.4. The maximum absolute atomic E-state index is 13.2. The Kier molecular flexibility index (Phi) is 6.31. The lowest BCUT2D eigenvalue weighted by Gasteiger charge is -2.21. The Labute approximate surface area is 183 Å². The molecule has 3 aromatic rings. The van der Waals surface area contributed by atoms with Gasteiger partial charge in [-0.15, -0.1) is 0 Å². The number of hydrogen-bond donors (Lipinski definition) is 2. The predicted octanol–water partition coefficient (Wildman–Crippen LogP) is 3.72. The lowest BCUT2D eigenvalue weighted by atomic mass is 10.1. The van der Waals surface area contributed by atoms with Crippen molar-refractivity contribution in [3.8, 4) is 0 Å². The number of carbonyl (C=O) groups is 1. The number of nitrogens with one attached hydrogen (secondary N) is 1. The second-order valence-corrected chi connectivity index (χ2v) is 8.08. The first-order chi connectivity index (χ1) is 14.9. The number of aliphatic hydroxyl groups is 1. The van der Waals surface area contributed by atoms with Crippen LogP contribution < -0.4 is 5.32 Å². The molecular weight excluding hydrogens is 423 g/mol. The summed E-state index contributed by atoms with van der Waals surface area (Å²) < 4.78 is 18.7. The van der Waals surface area contributed by atoms with E-state index in [0.717, 1.165) is 11.3 Å². The van der Waals surface area contributed by atoms with Crippen LogP contribution in [0.1, 0.15) is 42.2 Å². The van der Waals surface area contributed by atoms with E-state index in [2.05, 4.69) is 20.4 Å². The van der Waals surface area contributed by atoms with E-state index in [-0.39, 0.29) is 11.9 Å². The maximum Gasteiger partial charge on any atom is 0.244 e. The van der Waals surface area contributed by atoms with Gasteiger partial charge in [0, 0.05) is 37.1 Å². The summed E-state index contributed by atoms with van der Waals surface area (Å²) in [5, 5.41) is 17.3. The van der Waals surface area contributed by atoms with Gasteiger partial charge in [-0.2, -0.15) is 4.98 Å². The van der Waals surface area contributed by atoms with E-state index in [1.807, 2.05) is 24.3 Å². The van der Waals surface area contributed by atoms with E-state index in [0.29, 0.717) is 48.2 Å². The van der Waals surface area contributed by atoms with Crippen LogP contribution in [0.5, 0.6) is 0 Å². The zero-order valence-corrected chi connectivity index (χ0v) is 17.6. The number of anilines is 1. The Morgan fingerprint density at radius 3 is 2.81 bits per heavy atom. The maximum atomic E-state index is 13.2. The Bertz CT molecular complexity index is 1070. The molecule has 4 rings (SSSR count). The third-order valence-electron chi connectivity index (χ3n) is 5.17. The number of halogens is 2. The van der Waals surface area contributed by atoms with Gasteiger partial charge < -0.3 is 14.9 Å². The van der Waals surface area contributed by atoms with Crippen LogP contribution in [0.2, 0.25) is 5.02 Å². The summed E-state index contributed by atoms with van der Waals surface area (Å²) in [4.78, 5) is 17.7. The first-order valence-corrected chi connectivity index (χ1v) is 10.3. The van der Waals surface area contributed by atoms with Gasteiger partial charge in [0.15, 0.2) is 5.82 Å². The molecule has 0 saturated carbocycles. The van der Waals surface area contributed by atoms with Gasteiger partial charge in [-0.3, -0.25) is 9.69 Å². The summed E-state index contributed by atoms with van der Waals surface area (Å²) in [6, 6.07) is 11.5. The van der Waals surface area contributed by atoms with Crippen molar-refractivity contribution < 1.29 is 18.8 Å². The normalized spacial score (nSPS) is 19.0. The van der Waals surface area contributed by atoms with Crippen LogP contribution in [0.15, 0.2) is 47.0 Å². The number of β-amino-alcohol motifs (C(OH)–C–C–N with tert-alkyl or cyclic N) is 1. The summed E-state index contributed by atoms with van der Waals surface area (Å²) >= 11 is 6.09. The predicted molar refractivity (Wildman–Crippen MR) is 113 cm³/mol. The van der Waals surface area contributed by atoms with Crippen molar-refractivity contribution in [2.24, 2.45) is 0 Å². The summed E-state index contributed by atoms with van der Waals surface area (Å²) in [7, 11) is 0. The summed E-state index contributed by atoms with van der Waals surface area (Å²) in [5.41, 5.74) is 2.47. The van der Waals surface area contributed by atoms with Crippen molar-refractivity contribution in [2.75, 3.05) is 11.9 Å². The minimum atomic E-state index is -0.495.